The van der Waals surface area contributed by atoms with Crippen LogP contribution in [0.3, 0.4) is 0 Å². The van der Waals surface area contributed by atoms with E-state index in [4.69, 9.17) is 0 Å². The maximum atomic E-state index is 2.70. The minimum atomic E-state index is 0. The van der Waals surface area contributed by atoms with Crippen LogP contribution in [0.25, 0.3) is 0 Å². The summed E-state index contributed by atoms with van der Waals surface area (Å²) in [6, 6.07) is 0. The Morgan fingerprint density at radius 2 is 2.00 bits per heavy atom. The number of hydrogen-bond donors (Lipinski definition) is 0. The van der Waals surface area contributed by atoms with Gasteiger partial charge in [0.25, 0.3) is 0 Å². The van der Waals surface area contributed by atoms with E-state index in [2.05, 4.69) is 23.2 Å². The van der Waals surface area contributed by atoms with Gasteiger partial charge in [0.1, 0.15) is 0 Å². The van der Waals surface area contributed by atoms with Crippen molar-refractivity contribution in [3.8, 4) is 0 Å². The molecule has 0 unspecified atom stereocenters. The minimum Gasteiger partial charge on any atom is -2.00 e. The van der Waals surface area contributed by atoms with Gasteiger partial charge in [-0.25, -0.2) is 0 Å². The first kappa shape index (κ1) is 9.70. The Labute approximate surface area is 47.5 Å². The Hall–Kier alpha value is 0.492. The molecular weight excluding hydrogens is 91.0 g/mol. The van der Waals surface area contributed by atoms with Crippen molar-refractivity contribution in [2.24, 2.45) is 0 Å². The van der Waals surface area contributed by atoms with Gasteiger partial charge >= 0.3 is 41.3 Å². The molecule has 0 aliphatic rings. The van der Waals surface area contributed by atoms with E-state index in [0.29, 0.717) is 0 Å². The Bertz CT molecular complexity index is 15.0. The van der Waals surface area contributed by atoms with E-state index in [-0.39, 0.29) is 5.48 Å². The molecule has 0 N–H and O–H groups in total. The van der Waals surface area contributed by atoms with Crippen LogP contribution in [-0.2, 0) is 5.48 Å². The first-order chi connectivity index (χ1) is 2.41. The van der Waals surface area contributed by atoms with Gasteiger partial charge in [0.05, 0.1) is 0 Å². The zero-order valence-electron chi connectivity index (χ0n) is 4.11. The molecule has 0 aromatic rings. The Balaban J connectivity index is 0. The molecule has 34 valence electrons. The predicted molar refractivity (Wildman–Crippen MR) is 26.2 cm³/mol. The molecule has 0 aromatic carbocycles. The van der Waals surface area contributed by atoms with Crippen molar-refractivity contribution in [2.75, 3.05) is 0 Å². The van der Waals surface area contributed by atoms with Crippen LogP contribution in [0.2, 0.25) is 5.28 Å². The molecule has 0 saturated carbocycles. The Morgan fingerprint density at radius 3 is 2.00 bits per heavy atom. The molecule has 0 spiro atoms. The molecule has 6 heavy (non-hydrogen) atoms. The van der Waals surface area contributed by atoms with Crippen molar-refractivity contribution in [1.82, 2.24) is 0 Å². The molecule has 0 amide bonds. The van der Waals surface area contributed by atoms with Crippen LogP contribution in [0.1, 0.15) is 19.8 Å². The van der Waals surface area contributed by atoms with Gasteiger partial charge in [0.2, 0.25) is 0 Å². The third kappa shape index (κ3) is 8.82. The van der Waals surface area contributed by atoms with Gasteiger partial charge in [-0.15, -0.1) is 0 Å². The van der Waals surface area contributed by atoms with Gasteiger partial charge in [-0.2, -0.15) is 0 Å². The summed E-state index contributed by atoms with van der Waals surface area (Å²) < 4.78 is 0. The average Bonchev–Trinajstić information content (AvgIpc) is 1.41. The predicted octanol–water partition coefficient (Wildman–Crippen LogP) is 1.25. The molecule has 0 bridgehead atoms. The Morgan fingerprint density at radius 1 is 1.50 bits per heavy atom. The number of rotatable bonds is 2. The molecule has 0 fully saturated rings. The Kier molecular flexibility index (Phi) is 14.7. The molecule has 2 heteroatoms. The first-order valence-corrected chi connectivity index (χ1v) is 2.93. The monoisotopic (exact) mass is 100 g/mol. The van der Waals surface area contributed by atoms with Crippen molar-refractivity contribution in [3.05, 3.63) is 0 Å². The zero-order chi connectivity index (χ0) is 4.12. The molecule has 0 aliphatic carbocycles. The first-order valence-electron chi connectivity index (χ1n) is 2.12. The second kappa shape index (κ2) is 9.09. The van der Waals surface area contributed by atoms with Gasteiger partial charge in [-0.3, -0.25) is 0 Å². The summed E-state index contributed by atoms with van der Waals surface area (Å²) in [6.45, 7) is 2.20. The van der Waals surface area contributed by atoms with Crippen molar-refractivity contribution in [2.45, 2.75) is 25.0 Å². The molecule has 0 saturated heterocycles. The van der Waals surface area contributed by atoms with E-state index in [1.54, 1.807) is 0 Å². The van der Waals surface area contributed by atoms with Crippen LogP contribution < -0.4 is 0 Å². The van der Waals surface area contributed by atoms with Crippen molar-refractivity contribution in [3.63, 3.8) is 0 Å². The second-order valence-corrected chi connectivity index (χ2v) is 1.72. The maximum absolute atomic E-state index is 2.70. The molecule has 0 atom stereocenters. The molecule has 0 radical (unpaired) electrons. The molecule has 0 aliphatic heterocycles. The van der Waals surface area contributed by atoms with E-state index in [1.807, 2.05) is 0 Å². The van der Waals surface area contributed by atoms with E-state index in [0.717, 1.165) is 0 Å². The van der Waals surface area contributed by atoms with E-state index < -0.39 is 0 Å². The molecule has 0 heterocycles. The molecule has 0 rings (SSSR count). The van der Waals surface area contributed by atoms with Crippen LogP contribution in [0, 0.1) is 0 Å². The molecular formula is C4H9AlO. The van der Waals surface area contributed by atoms with E-state index in [1.165, 1.54) is 18.1 Å². The van der Waals surface area contributed by atoms with Crippen LogP contribution in [-0.4, -0.2) is 16.3 Å². The summed E-state index contributed by atoms with van der Waals surface area (Å²) in [7, 11) is 0. The summed E-state index contributed by atoms with van der Waals surface area (Å²) in [4.78, 5) is 0. The second-order valence-electron chi connectivity index (χ2n) is 1.14. The van der Waals surface area contributed by atoms with Gasteiger partial charge in [-0.05, 0) is 0 Å². The normalized spacial score (nSPS) is 7.17. The van der Waals surface area contributed by atoms with Gasteiger partial charge in [-0.1, -0.05) is 0 Å². The van der Waals surface area contributed by atoms with Gasteiger partial charge in [0.15, 0.2) is 0 Å². The van der Waals surface area contributed by atoms with Gasteiger partial charge < -0.3 is 5.48 Å². The summed E-state index contributed by atoms with van der Waals surface area (Å²) in [6.07, 6.45) is 2.67. The number of hydrogen-bond acceptors (Lipinski definition) is 0. The van der Waals surface area contributed by atoms with Crippen molar-refractivity contribution in [1.29, 1.82) is 0 Å². The topological polar surface area (TPSA) is 28.5 Å². The van der Waals surface area contributed by atoms with Gasteiger partial charge in [0, 0.05) is 0 Å². The SMILES string of the molecule is CCC[CH2][Al+2].[O-2]. The summed E-state index contributed by atoms with van der Waals surface area (Å²) in [5, 5.41) is 1.26. The molecule has 1 nitrogen and oxygen atoms in total. The zero-order valence-corrected chi connectivity index (χ0v) is 5.26. The van der Waals surface area contributed by atoms with Crippen molar-refractivity contribution >= 4 is 16.3 Å². The molecule has 0 aromatic heterocycles. The van der Waals surface area contributed by atoms with Crippen molar-refractivity contribution < 1.29 is 5.48 Å². The van der Waals surface area contributed by atoms with Crippen LogP contribution >= 0.6 is 0 Å². The van der Waals surface area contributed by atoms with E-state index >= 15 is 0 Å². The number of unbranched alkanes of at least 4 members (excludes halogenated alkanes) is 1. The third-order valence-corrected chi connectivity index (χ3v) is 0.966. The minimum absolute atomic E-state index is 0. The largest absolute Gasteiger partial charge is 2.00 e. The maximum Gasteiger partial charge on any atom is -2.00 e. The van der Waals surface area contributed by atoms with Crippen LogP contribution in [0.15, 0.2) is 0 Å². The summed E-state index contributed by atoms with van der Waals surface area (Å²) in [5.41, 5.74) is 0. The van der Waals surface area contributed by atoms with E-state index in [9.17, 15) is 0 Å². The smallest absolute Gasteiger partial charge is 2.00 e. The average molecular weight is 100 g/mol. The summed E-state index contributed by atoms with van der Waals surface area (Å²) in [5.74, 6) is 0. The standard InChI is InChI=1S/C4H9.Al.O/c1-3-4-2;;/h1,3-4H2,2H3;;/q;+2;-2. The van der Waals surface area contributed by atoms with Crippen LogP contribution in [0.5, 0.6) is 0 Å². The van der Waals surface area contributed by atoms with Crippen LogP contribution in [0.4, 0.5) is 0 Å². The summed E-state index contributed by atoms with van der Waals surface area (Å²) >= 11 is 2.70. The fourth-order valence-corrected chi connectivity index (χ4v) is 0.612. The quantitative estimate of drug-likeness (QED) is 0.467. The fraction of sp³-hybridized carbons (Fsp3) is 1.00. The third-order valence-electron chi connectivity index (χ3n) is 0.558. The fourth-order valence-electron chi connectivity index (χ4n) is 0.204.